The standard InChI is InChI=1S/C14H10O3/c15-11-7-13-5-9-3-1-2-4-10(9)6-14(13,17-13)8-12(11)16/h1-6H,7-8H2. The highest BCUT2D eigenvalue weighted by Gasteiger charge is 2.72. The summed E-state index contributed by atoms with van der Waals surface area (Å²) in [4.78, 5) is 23.1. The number of fused-ring (bicyclic) bond motifs is 1. The van der Waals surface area contributed by atoms with E-state index in [1.165, 1.54) is 0 Å². The molecular formula is C14H10O3. The predicted octanol–water partition coefficient (Wildman–Crippen LogP) is -0.299. The smallest absolute Gasteiger partial charge is 0.201 e. The van der Waals surface area contributed by atoms with Gasteiger partial charge in [-0.15, -0.1) is 0 Å². The van der Waals surface area contributed by atoms with Crippen LogP contribution in [0.2, 0.25) is 0 Å². The molecule has 3 nitrogen and oxygen atoms in total. The maximum Gasteiger partial charge on any atom is 0.201 e. The summed E-state index contributed by atoms with van der Waals surface area (Å²) < 4.78 is 5.78. The number of benzene rings is 1. The summed E-state index contributed by atoms with van der Waals surface area (Å²) in [5.74, 6) is -0.607. The van der Waals surface area contributed by atoms with E-state index in [1.807, 2.05) is 36.4 Å². The zero-order valence-corrected chi connectivity index (χ0v) is 9.10. The fraction of sp³-hybridized carbons (Fsp3) is 0.286. The van der Waals surface area contributed by atoms with Gasteiger partial charge in [0.1, 0.15) is 11.2 Å². The van der Waals surface area contributed by atoms with Gasteiger partial charge in [0.15, 0.2) is 0 Å². The lowest BCUT2D eigenvalue weighted by Gasteiger charge is -2.20. The van der Waals surface area contributed by atoms with E-state index >= 15 is 0 Å². The van der Waals surface area contributed by atoms with Crippen LogP contribution in [0.5, 0.6) is 0 Å². The topological polar surface area (TPSA) is 46.7 Å². The fourth-order valence-electron chi connectivity index (χ4n) is 3.03. The fourth-order valence-corrected chi connectivity index (χ4v) is 3.03. The second-order valence-electron chi connectivity index (χ2n) is 5.00. The van der Waals surface area contributed by atoms with E-state index < -0.39 is 11.2 Å². The molecule has 0 spiro atoms. The molecule has 2 unspecified atom stereocenters. The van der Waals surface area contributed by atoms with E-state index in [-0.39, 0.29) is 24.4 Å². The molecule has 3 aliphatic rings. The molecule has 1 saturated carbocycles. The van der Waals surface area contributed by atoms with Gasteiger partial charge in [-0.2, -0.15) is 0 Å². The minimum atomic E-state index is -0.535. The first kappa shape index (κ1) is 9.31. The maximum absolute atomic E-state index is 11.5. The van der Waals surface area contributed by atoms with Gasteiger partial charge in [0.05, 0.1) is 12.8 Å². The molecule has 84 valence electrons. The molecule has 0 N–H and O–H groups in total. The Hall–Kier alpha value is -1.74. The number of rotatable bonds is 0. The second kappa shape index (κ2) is 2.57. The molecule has 0 bridgehead atoms. The van der Waals surface area contributed by atoms with Crippen molar-refractivity contribution in [1.29, 1.82) is 0 Å². The van der Waals surface area contributed by atoms with Gasteiger partial charge in [-0.05, 0) is 22.6 Å². The summed E-state index contributed by atoms with van der Waals surface area (Å²) in [6.07, 6.45) is 4.40. The van der Waals surface area contributed by atoms with Crippen molar-refractivity contribution >= 4 is 23.7 Å². The average molecular weight is 226 g/mol. The molecule has 1 aromatic carbocycles. The Balaban J connectivity index is 1.98. The van der Waals surface area contributed by atoms with E-state index in [9.17, 15) is 9.59 Å². The number of Topliss-reactive ketones (excluding diaryl/α,β-unsaturated/α-hetero) is 2. The molecular weight excluding hydrogens is 216 g/mol. The van der Waals surface area contributed by atoms with Crippen LogP contribution in [0.15, 0.2) is 24.3 Å². The maximum atomic E-state index is 11.5. The first-order valence-corrected chi connectivity index (χ1v) is 5.71. The quantitative estimate of drug-likeness (QED) is 0.451. The summed E-state index contributed by atoms with van der Waals surface area (Å²) in [5, 5.41) is 2.17. The Morgan fingerprint density at radius 3 is 1.82 bits per heavy atom. The van der Waals surface area contributed by atoms with E-state index in [0.29, 0.717) is 0 Å². The molecule has 1 saturated heterocycles. The Morgan fingerprint density at radius 2 is 1.35 bits per heavy atom. The van der Waals surface area contributed by atoms with E-state index in [0.717, 1.165) is 10.4 Å². The highest BCUT2D eigenvalue weighted by Crippen LogP contribution is 2.58. The van der Waals surface area contributed by atoms with Crippen LogP contribution >= 0.6 is 0 Å². The van der Waals surface area contributed by atoms with Gasteiger partial charge in [0.2, 0.25) is 11.6 Å². The van der Waals surface area contributed by atoms with Crippen LogP contribution in [0.25, 0.3) is 12.2 Å². The van der Waals surface area contributed by atoms with Crippen LogP contribution in [-0.2, 0) is 14.3 Å². The van der Waals surface area contributed by atoms with Gasteiger partial charge in [-0.25, -0.2) is 0 Å². The monoisotopic (exact) mass is 226 g/mol. The van der Waals surface area contributed by atoms with Gasteiger partial charge in [0, 0.05) is 0 Å². The van der Waals surface area contributed by atoms with Crippen LogP contribution in [0, 0.1) is 0 Å². The van der Waals surface area contributed by atoms with Crippen molar-refractivity contribution in [2.75, 3.05) is 0 Å². The molecule has 1 heterocycles. The van der Waals surface area contributed by atoms with Crippen LogP contribution in [0.4, 0.5) is 0 Å². The van der Waals surface area contributed by atoms with Crippen molar-refractivity contribution in [3.8, 4) is 0 Å². The second-order valence-corrected chi connectivity index (χ2v) is 5.00. The normalized spacial score (nSPS) is 37.2. The van der Waals surface area contributed by atoms with Crippen LogP contribution in [-0.4, -0.2) is 22.8 Å². The van der Waals surface area contributed by atoms with Crippen molar-refractivity contribution in [3.63, 3.8) is 0 Å². The number of carbonyl (C=O) groups is 2. The first-order chi connectivity index (χ1) is 8.14. The van der Waals surface area contributed by atoms with Crippen molar-refractivity contribution in [2.24, 2.45) is 0 Å². The third-order valence-electron chi connectivity index (χ3n) is 3.97. The van der Waals surface area contributed by atoms with Gasteiger partial charge in [-0.1, -0.05) is 24.3 Å². The molecule has 0 amide bonds. The lowest BCUT2D eigenvalue weighted by atomic mass is 9.75. The number of epoxide rings is 1. The molecule has 4 rings (SSSR count). The lowest BCUT2D eigenvalue weighted by molar-refractivity contribution is -0.138. The summed E-state index contributed by atoms with van der Waals surface area (Å²) >= 11 is 0. The summed E-state index contributed by atoms with van der Waals surface area (Å²) in [6.45, 7) is 0. The van der Waals surface area contributed by atoms with Crippen molar-refractivity contribution in [3.05, 3.63) is 34.7 Å². The number of carbonyl (C=O) groups excluding carboxylic acids is 2. The van der Waals surface area contributed by atoms with E-state index in [4.69, 9.17) is 4.74 Å². The largest absolute Gasteiger partial charge is 0.353 e. The predicted molar refractivity (Wildman–Crippen MR) is 60.4 cm³/mol. The summed E-state index contributed by atoms with van der Waals surface area (Å²) in [5.41, 5.74) is -1.07. The van der Waals surface area contributed by atoms with Gasteiger partial charge in [-0.3, -0.25) is 9.59 Å². The Morgan fingerprint density at radius 1 is 0.882 bits per heavy atom. The van der Waals surface area contributed by atoms with Crippen molar-refractivity contribution < 1.29 is 14.3 Å². The van der Waals surface area contributed by atoms with Crippen LogP contribution < -0.4 is 10.4 Å². The van der Waals surface area contributed by atoms with Crippen molar-refractivity contribution in [2.45, 2.75) is 24.0 Å². The number of hydrogen-bond donors (Lipinski definition) is 0. The zero-order chi connectivity index (χ0) is 11.7. The van der Waals surface area contributed by atoms with Gasteiger partial charge >= 0.3 is 0 Å². The Kier molecular flexibility index (Phi) is 1.40. The Labute approximate surface area is 97.4 Å². The molecule has 1 aromatic rings. The van der Waals surface area contributed by atoms with Crippen LogP contribution in [0.1, 0.15) is 12.8 Å². The number of hydrogen-bond acceptors (Lipinski definition) is 3. The summed E-state index contributed by atoms with van der Waals surface area (Å²) in [6, 6.07) is 7.94. The molecule has 2 atom stereocenters. The van der Waals surface area contributed by atoms with Gasteiger partial charge in [0.25, 0.3) is 0 Å². The third-order valence-corrected chi connectivity index (χ3v) is 3.97. The minimum Gasteiger partial charge on any atom is -0.353 e. The molecule has 2 aliphatic carbocycles. The molecule has 0 aromatic heterocycles. The SMILES string of the molecule is O=C1CC23C=c4ccccc4=CC2(CC1=O)O3. The average Bonchev–Trinajstić information content (AvgIpc) is 2.92. The Bertz CT molecular complexity index is 629. The molecule has 0 radical (unpaired) electrons. The van der Waals surface area contributed by atoms with Crippen molar-refractivity contribution in [1.82, 2.24) is 0 Å². The summed E-state index contributed by atoms with van der Waals surface area (Å²) in [7, 11) is 0. The van der Waals surface area contributed by atoms with Gasteiger partial charge < -0.3 is 4.74 Å². The molecule has 17 heavy (non-hydrogen) atoms. The lowest BCUT2D eigenvalue weighted by Crippen LogP contribution is -2.44. The number of ketones is 2. The number of ether oxygens (including phenoxy) is 1. The van der Waals surface area contributed by atoms with E-state index in [1.54, 1.807) is 0 Å². The molecule has 3 heteroatoms. The highest BCUT2D eigenvalue weighted by atomic mass is 16.6. The third kappa shape index (κ3) is 1.00. The minimum absolute atomic E-state index is 0.191. The highest BCUT2D eigenvalue weighted by molar-refractivity contribution is 6.39. The van der Waals surface area contributed by atoms with Crippen LogP contribution in [0.3, 0.4) is 0 Å². The zero-order valence-electron chi connectivity index (χ0n) is 9.10. The molecule has 2 fully saturated rings. The molecule has 1 aliphatic heterocycles. The van der Waals surface area contributed by atoms with E-state index in [2.05, 4.69) is 0 Å². The first-order valence-electron chi connectivity index (χ1n) is 5.71.